The zero-order chi connectivity index (χ0) is 11.0. The summed E-state index contributed by atoms with van der Waals surface area (Å²) in [6.07, 6.45) is 0. The quantitative estimate of drug-likeness (QED) is 0.409. The number of nitrogens with zero attached hydrogens (tertiary/aromatic N) is 1. The number of benzene rings is 1. The first-order chi connectivity index (χ1) is 7.11. The van der Waals surface area contributed by atoms with Gasteiger partial charge in [-0.15, -0.1) is 0 Å². The highest BCUT2D eigenvalue weighted by molar-refractivity contribution is 6.22. The van der Waals surface area contributed by atoms with Crippen molar-refractivity contribution in [2.45, 2.75) is 0 Å². The van der Waals surface area contributed by atoms with Gasteiger partial charge in [0, 0.05) is 0 Å². The summed E-state index contributed by atoms with van der Waals surface area (Å²) in [4.78, 5) is 24.4. The fraction of sp³-hybridized carbons (Fsp3) is 0.100. The highest BCUT2D eigenvalue weighted by Crippen LogP contribution is 2.21. The number of fused-ring (bicyclic) bond motifs is 1. The lowest BCUT2D eigenvalue weighted by molar-refractivity contribution is 0.0677. The predicted octanol–water partition coefficient (Wildman–Crippen LogP) is 0.219. The molecule has 0 bridgehead atoms. The normalized spacial score (nSPS) is 14.3. The summed E-state index contributed by atoms with van der Waals surface area (Å²) >= 11 is 0. The number of hydrogen-bond acceptors (Lipinski definition) is 3. The first-order valence-corrected chi connectivity index (χ1v) is 4.39. The molecular weight excluding hydrogens is 194 g/mol. The van der Waals surface area contributed by atoms with Crippen molar-refractivity contribution < 1.29 is 9.59 Å². The topological polar surface area (TPSA) is 87.2 Å². The van der Waals surface area contributed by atoms with Gasteiger partial charge in [-0.25, -0.2) is 0 Å². The number of amides is 2. The number of imide groups is 1. The Kier molecular flexibility index (Phi) is 2.00. The van der Waals surface area contributed by atoms with E-state index in [2.05, 4.69) is 0 Å². The van der Waals surface area contributed by atoms with Crippen molar-refractivity contribution in [2.75, 3.05) is 6.54 Å². The molecule has 0 unspecified atom stereocenters. The van der Waals surface area contributed by atoms with Crippen molar-refractivity contribution in [1.29, 1.82) is 5.41 Å². The molecule has 15 heavy (non-hydrogen) atoms. The second-order valence-corrected chi connectivity index (χ2v) is 3.27. The molecule has 2 rings (SSSR count). The summed E-state index contributed by atoms with van der Waals surface area (Å²) in [5, 5.41) is 7.08. The number of nitrogens with two attached hydrogens (primary N) is 1. The van der Waals surface area contributed by atoms with Gasteiger partial charge in [0.2, 0.25) is 0 Å². The van der Waals surface area contributed by atoms with Crippen molar-refractivity contribution in [1.82, 2.24) is 4.90 Å². The van der Waals surface area contributed by atoms with Crippen molar-refractivity contribution in [3.63, 3.8) is 0 Å². The average molecular weight is 203 g/mol. The van der Waals surface area contributed by atoms with Gasteiger partial charge < -0.3 is 5.73 Å². The lowest BCUT2D eigenvalue weighted by atomic mass is 10.1. The van der Waals surface area contributed by atoms with Crippen LogP contribution in [0.5, 0.6) is 0 Å². The molecule has 0 aliphatic carbocycles. The number of hydrogen-bond donors (Lipinski definition) is 2. The van der Waals surface area contributed by atoms with Crippen molar-refractivity contribution in [2.24, 2.45) is 5.73 Å². The van der Waals surface area contributed by atoms with Crippen LogP contribution in [-0.4, -0.2) is 29.1 Å². The highest BCUT2D eigenvalue weighted by atomic mass is 16.2. The summed E-state index contributed by atoms with van der Waals surface area (Å²) in [7, 11) is 0. The van der Waals surface area contributed by atoms with E-state index in [1.54, 1.807) is 24.3 Å². The van der Waals surface area contributed by atoms with Crippen LogP contribution in [0.25, 0.3) is 0 Å². The minimum atomic E-state index is -0.384. The zero-order valence-electron chi connectivity index (χ0n) is 7.86. The number of nitrogens with one attached hydrogen (secondary N) is 1. The highest BCUT2D eigenvalue weighted by Gasteiger charge is 2.35. The summed E-state index contributed by atoms with van der Waals surface area (Å²) in [5.41, 5.74) is 5.93. The molecule has 5 nitrogen and oxygen atoms in total. The molecule has 2 amide bonds. The van der Waals surface area contributed by atoms with Gasteiger partial charge in [-0.05, 0) is 12.1 Å². The Morgan fingerprint density at radius 3 is 2.07 bits per heavy atom. The lowest BCUT2D eigenvalue weighted by Gasteiger charge is -2.11. The van der Waals surface area contributed by atoms with Gasteiger partial charge in [0.1, 0.15) is 5.84 Å². The van der Waals surface area contributed by atoms with Crippen LogP contribution in [0.2, 0.25) is 0 Å². The van der Waals surface area contributed by atoms with Crippen LogP contribution in [-0.2, 0) is 0 Å². The Morgan fingerprint density at radius 2 is 1.67 bits per heavy atom. The van der Waals surface area contributed by atoms with E-state index in [4.69, 9.17) is 11.1 Å². The number of rotatable bonds is 2. The standard InChI is InChI=1S/C10H9N3O2/c11-8(12)5-13-9(14)6-3-1-2-4-7(6)10(13)15/h1-4H,5H2,(H3,11,12). The van der Waals surface area contributed by atoms with Crippen molar-refractivity contribution in [3.8, 4) is 0 Å². The molecule has 0 atom stereocenters. The SMILES string of the molecule is N=C(N)CN1C(=O)c2ccccc2C1=O. The van der Waals surface area contributed by atoms with Gasteiger partial charge in [-0.1, -0.05) is 12.1 Å². The van der Waals surface area contributed by atoms with E-state index in [1.165, 1.54) is 0 Å². The fourth-order valence-electron chi connectivity index (χ4n) is 1.55. The minimum absolute atomic E-state index is 0.146. The predicted molar refractivity (Wildman–Crippen MR) is 53.7 cm³/mol. The Hall–Kier alpha value is -2.17. The number of carbonyl (C=O) groups is 2. The summed E-state index contributed by atoms with van der Waals surface area (Å²) < 4.78 is 0. The molecule has 1 heterocycles. The lowest BCUT2D eigenvalue weighted by Crippen LogP contribution is -2.37. The monoisotopic (exact) mass is 203 g/mol. The molecule has 0 saturated carbocycles. The smallest absolute Gasteiger partial charge is 0.261 e. The summed E-state index contributed by atoms with van der Waals surface area (Å²) in [6.45, 7) is -0.146. The van der Waals surface area contributed by atoms with Crippen LogP contribution in [0.3, 0.4) is 0 Å². The molecule has 76 valence electrons. The molecule has 1 aromatic carbocycles. The second-order valence-electron chi connectivity index (χ2n) is 3.27. The summed E-state index contributed by atoms with van der Waals surface area (Å²) in [5.74, 6) is -0.971. The Labute approximate surface area is 86.0 Å². The van der Waals surface area contributed by atoms with E-state index in [0.29, 0.717) is 11.1 Å². The Bertz CT molecular complexity index is 432. The molecule has 0 spiro atoms. The van der Waals surface area contributed by atoms with Gasteiger partial charge in [0.25, 0.3) is 11.8 Å². The van der Waals surface area contributed by atoms with Gasteiger partial charge in [0.05, 0.1) is 17.7 Å². The van der Waals surface area contributed by atoms with Crippen LogP contribution in [0.15, 0.2) is 24.3 Å². The molecule has 1 aromatic rings. The second kappa shape index (κ2) is 3.20. The molecule has 1 aliphatic heterocycles. The third-order valence-electron chi connectivity index (χ3n) is 2.21. The minimum Gasteiger partial charge on any atom is -0.386 e. The van der Waals surface area contributed by atoms with Crippen molar-refractivity contribution >= 4 is 17.6 Å². The molecule has 0 saturated heterocycles. The third-order valence-corrected chi connectivity index (χ3v) is 2.21. The molecular formula is C10H9N3O2. The van der Waals surface area contributed by atoms with E-state index in [9.17, 15) is 9.59 Å². The Morgan fingerprint density at radius 1 is 1.20 bits per heavy atom. The van der Waals surface area contributed by atoms with Gasteiger partial charge in [-0.2, -0.15) is 0 Å². The molecule has 0 radical (unpaired) electrons. The van der Waals surface area contributed by atoms with Crippen LogP contribution < -0.4 is 5.73 Å². The third kappa shape index (κ3) is 1.38. The first-order valence-electron chi connectivity index (χ1n) is 4.39. The maximum Gasteiger partial charge on any atom is 0.261 e. The van der Waals surface area contributed by atoms with Crippen LogP contribution in [0.4, 0.5) is 0 Å². The number of carbonyl (C=O) groups excluding carboxylic acids is 2. The average Bonchev–Trinajstić information content (AvgIpc) is 2.44. The van der Waals surface area contributed by atoms with Gasteiger partial charge in [-0.3, -0.25) is 19.9 Å². The van der Waals surface area contributed by atoms with Gasteiger partial charge in [0.15, 0.2) is 0 Å². The molecule has 1 aliphatic rings. The van der Waals surface area contributed by atoms with Crippen LogP contribution >= 0.6 is 0 Å². The molecule has 0 aromatic heterocycles. The van der Waals surface area contributed by atoms with Crippen LogP contribution in [0, 0.1) is 5.41 Å². The number of amidine groups is 1. The van der Waals surface area contributed by atoms with E-state index in [-0.39, 0.29) is 24.2 Å². The van der Waals surface area contributed by atoms with Crippen LogP contribution in [0.1, 0.15) is 20.7 Å². The zero-order valence-corrected chi connectivity index (χ0v) is 7.86. The molecule has 5 heteroatoms. The maximum atomic E-state index is 11.7. The van der Waals surface area contributed by atoms with E-state index < -0.39 is 0 Å². The maximum absolute atomic E-state index is 11.7. The molecule has 0 fully saturated rings. The first kappa shape index (κ1) is 9.39. The van der Waals surface area contributed by atoms with E-state index >= 15 is 0 Å². The largest absolute Gasteiger partial charge is 0.386 e. The fourth-order valence-corrected chi connectivity index (χ4v) is 1.55. The van der Waals surface area contributed by atoms with Crippen molar-refractivity contribution in [3.05, 3.63) is 35.4 Å². The molecule has 3 N–H and O–H groups in total. The van der Waals surface area contributed by atoms with E-state index in [0.717, 1.165) is 4.90 Å². The van der Waals surface area contributed by atoms with Gasteiger partial charge >= 0.3 is 0 Å². The summed E-state index contributed by atoms with van der Waals surface area (Å²) in [6, 6.07) is 6.58. The van der Waals surface area contributed by atoms with E-state index in [1.807, 2.05) is 0 Å². The Balaban J connectivity index is 2.41.